The molecule has 10 heteroatoms. The SMILES string of the molecule is COc1ccc(C(=O)NNC(=O)[C@@H](NS(=O)(=O)c2cccs2)C(C)C)cc1. The smallest absolute Gasteiger partial charge is 0.269 e. The van der Waals surface area contributed by atoms with Crippen LogP contribution in [0.2, 0.25) is 0 Å². The molecule has 1 heterocycles. The second-order valence-corrected chi connectivity index (χ2v) is 8.84. The summed E-state index contributed by atoms with van der Waals surface area (Å²) < 4.78 is 32.2. The molecule has 1 aromatic heterocycles. The van der Waals surface area contributed by atoms with E-state index in [1.54, 1.807) is 49.6 Å². The lowest BCUT2D eigenvalue weighted by molar-refractivity contribution is -0.124. The van der Waals surface area contributed by atoms with Gasteiger partial charge in [-0.3, -0.25) is 20.4 Å². The topological polar surface area (TPSA) is 114 Å². The van der Waals surface area contributed by atoms with E-state index < -0.39 is 27.9 Å². The van der Waals surface area contributed by atoms with E-state index in [-0.39, 0.29) is 10.1 Å². The van der Waals surface area contributed by atoms with Crippen LogP contribution in [0.3, 0.4) is 0 Å². The minimum absolute atomic E-state index is 0.114. The summed E-state index contributed by atoms with van der Waals surface area (Å²) in [6.07, 6.45) is 0. The summed E-state index contributed by atoms with van der Waals surface area (Å²) in [4.78, 5) is 24.5. The molecule has 8 nitrogen and oxygen atoms in total. The van der Waals surface area contributed by atoms with Gasteiger partial charge >= 0.3 is 0 Å². The van der Waals surface area contributed by atoms with E-state index in [9.17, 15) is 18.0 Å². The van der Waals surface area contributed by atoms with Gasteiger partial charge in [0, 0.05) is 5.56 Å². The lowest BCUT2D eigenvalue weighted by Crippen LogP contribution is -2.54. The third-order valence-electron chi connectivity index (χ3n) is 3.64. The van der Waals surface area contributed by atoms with E-state index in [4.69, 9.17) is 4.74 Å². The number of rotatable bonds is 7. The highest BCUT2D eigenvalue weighted by molar-refractivity contribution is 7.91. The number of hydrogen-bond donors (Lipinski definition) is 3. The highest BCUT2D eigenvalue weighted by Gasteiger charge is 2.29. The first kappa shape index (κ1) is 20.9. The molecule has 3 N–H and O–H groups in total. The molecule has 0 aliphatic carbocycles. The van der Waals surface area contributed by atoms with Gasteiger partial charge in [-0.05, 0) is 41.6 Å². The molecule has 1 atom stereocenters. The lowest BCUT2D eigenvalue weighted by Gasteiger charge is -2.21. The molecule has 27 heavy (non-hydrogen) atoms. The highest BCUT2D eigenvalue weighted by Crippen LogP contribution is 2.17. The van der Waals surface area contributed by atoms with Crippen LogP contribution in [0.25, 0.3) is 0 Å². The van der Waals surface area contributed by atoms with Crippen molar-refractivity contribution in [1.29, 1.82) is 0 Å². The number of ether oxygens (including phenoxy) is 1. The highest BCUT2D eigenvalue weighted by atomic mass is 32.2. The monoisotopic (exact) mass is 411 g/mol. The Labute approximate surface area is 162 Å². The molecule has 2 rings (SSSR count). The number of benzene rings is 1. The summed E-state index contributed by atoms with van der Waals surface area (Å²) in [6, 6.07) is 8.32. The van der Waals surface area contributed by atoms with Crippen molar-refractivity contribution in [3.05, 3.63) is 47.3 Å². The van der Waals surface area contributed by atoms with Crippen LogP contribution in [-0.4, -0.2) is 33.4 Å². The van der Waals surface area contributed by atoms with Gasteiger partial charge in [0.1, 0.15) is 16.0 Å². The molecule has 0 bridgehead atoms. The van der Waals surface area contributed by atoms with E-state index in [1.807, 2.05) is 0 Å². The molecule has 2 amide bonds. The van der Waals surface area contributed by atoms with Crippen molar-refractivity contribution in [2.24, 2.45) is 5.92 Å². The second-order valence-electron chi connectivity index (χ2n) is 5.95. The fourth-order valence-corrected chi connectivity index (χ4v) is 4.50. The number of sulfonamides is 1. The molecule has 0 saturated carbocycles. The quantitative estimate of drug-likeness (QED) is 0.598. The van der Waals surface area contributed by atoms with Gasteiger partial charge in [-0.1, -0.05) is 19.9 Å². The molecule has 1 aromatic carbocycles. The van der Waals surface area contributed by atoms with Crippen molar-refractivity contribution in [2.45, 2.75) is 24.1 Å². The van der Waals surface area contributed by atoms with Gasteiger partial charge in [-0.2, -0.15) is 4.72 Å². The zero-order chi connectivity index (χ0) is 20.0. The number of hydrogen-bond acceptors (Lipinski definition) is 6. The van der Waals surface area contributed by atoms with Crippen molar-refractivity contribution in [3.8, 4) is 5.75 Å². The summed E-state index contributed by atoms with van der Waals surface area (Å²) in [6.45, 7) is 3.40. The van der Waals surface area contributed by atoms with Crippen LogP contribution in [0, 0.1) is 5.92 Å². The van der Waals surface area contributed by atoms with Gasteiger partial charge in [0.2, 0.25) is 0 Å². The van der Waals surface area contributed by atoms with E-state index in [1.165, 1.54) is 13.2 Å². The van der Waals surface area contributed by atoms with Gasteiger partial charge in [-0.25, -0.2) is 8.42 Å². The molecule has 146 valence electrons. The molecule has 0 saturated heterocycles. The molecule has 0 unspecified atom stereocenters. The Morgan fingerprint density at radius 3 is 2.26 bits per heavy atom. The van der Waals surface area contributed by atoms with Crippen LogP contribution in [0.1, 0.15) is 24.2 Å². The maximum atomic E-state index is 12.4. The van der Waals surface area contributed by atoms with Crippen molar-refractivity contribution in [2.75, 3.05) is 7.11 Å². The van der Waals surface area contributed by atoms with Gasteiger partial charge in [0.05, 0.1) is 7.11 Å². The van der Waals surface area contributed by atoms with Crippen LogP contribution in [0.5, 0.6) is 5.75 Å². The maximum absolute atomic E-state index is 12.4. The first-order chi connectivity index (χ1) is 12.7. The number of thiophene rings is 1. The Kier molecular flexibility index (Phi) is 6.94. The summed E-state index contributed by atoms with van der Waals surface area (Å²) in [5, 5.41) is 1.63. The molecule has 0 aliphatic heterocycles. The number of amides is 2. The van der Waals surface area contributed by atoms with Gasteiger partial charge in [-0.15, -0.1) is 11.3 Å². The average Bonchev–Trinajstić information content (AvgIpc) is 3.19. The number of nitrogens with one attached hydrogen (secondary N) is 3. The van der Waals surface area contributed by atoms with Crippen molar-refractivity contribution in [3.63, 3.8) is 0 Å². The second kappa shape index (κ2) is 8.98. The predicted octanol–water partition coefficient (Wildman–Crippen LogP) is 1.52. The number of carbonyl (C=O) groups excluding carboxylic acids is 2. The first-order valence-electron chi connectivity index (χ1n) is 8.04. The molecule has 0 aliphatic rings. The van der Waals surface area contributed by atoms with Crippen LogP contribution in [-0.2, 0) is 14.8 Å². The van der Waals surface area contributed by atoms with E-state index in [2.05, 4.69) is 15.6 Å². The Balaban J connectivity index is 2.01. The minimum Gasteiger partial charge on any atom is -0.497 e. The summed E-state index contributed by atoms with van der Waals surface area (Å²) >= 11 is 1.05. The fraction of sp³-hybridized carbons (Fsp3) is 0.294. The van der Waals surface area contributed by atoms with E-state index in [0.29, 0.717) is 11.3 Å². The Morgan fingerprint density at radius 2 is 1.74 bits per heavy atom. The molecule has 0 radical (unpaired) electrons. The normalized spacial score (nSPS) is 12.4. The van der Waals surface area contributed by atoms with Gasteiger partial charge in [0.15, 0.2) is 0 Å². The van der Waals surface area contributed by atoms with Crippen molar-refractivity contribution >= 4 is 33.2 Å². The predicted molar refractivity (Wildman–Crippen MR) is 102 cm³/mol. The minimum atomic E-state index is -3.82. The molecular formula is C17H21N3O5S2. The van der Waals surface area contributed by atoms with Gasteiger partial charge in [0.25, 0.3) is 21.8 Å². The fourth-order valence-electron chi connectivity index (χ4n) is 2.14. The third-order valence-corrected chi connectivity index (χ3v) is 6.48. The van der Waals surface area contributed by atoms with Crippen LogP contribution < -0.4 is 20.3 Å². The van der Waals surface area contributed by atoms with E-state index >= 15 is 0 Å². The summed E-state index contributed by atoms with van der Waals surface area (Å²) in [5.41, 5.74) is 4.86. The standard InChI is InChI=1S/C17H21N3O5S2/c1-11(2)15(20-27(23,24)14-5-4-10-26-14)17(22)19-18-16(21)12-6-8-13(25-3)9-7-12/h4-11,15,20H,1-3H3,(H,18,21)(H,19,22)/t15-/m0/s1. The zero-order valence-electron chi connectivity index (χ0n) is 15.1. The third kappa shape index (κ3) is 5.52. The van der Waals surface area contributed by atoms with Crippen molar-refractivity contribution in [1.82, 2.24) is 15.6 Å². The Bertz CT molecular complexity index is 878. The summed E-state index contributed by atoms with van der Waals surface area (Å²) in [5.74, 6) is -0.933. The Morgan fingerprint density at radius 1 is 1.07 bits per heavy atom. The van der Waals surface area contributed by atoms with Crippen molar-refractivity contribution < 1.29 is 22.7 Å². The largest absolute Gasteiger partial charge is 0.497 e. The molecule has 0 spiro atoms. The van der Waals surface area contributed by atoms with Gasteiger partial charge < -0.3 is 4.74 Å². The number of hydrazine groups is 1. The van der Waals surface area contributed by atoms with E-state index in [0.717, 1.165) is 11.3 Å². The summed E-state index contributed by atoms with van der Waals surface area (Å²) in [7, 11) is -2.31. The molecule has 2 aromatic rings. The molecular weight excluding hydrogens is 390 g/mol. The average molecular weight is 412 g/mol. The van der Waals surface area contributed by atoms with Crippen LogP contribution in [0.15, 0.2) is 46.0 Å². The van der Waals surface area contributed by atoms with Crippen LogP contribution >= 0.6 is 11.3 Å². The maximum Gasteiger partial charge on any atom is 0.269 e. The number of carbonyl (C=O) groups is 2. The number of methoxy groups -OCH3 is 1. The first-order valence-corrected chi connectivity index (χ1v) is 10.4. The lowest BCUT2D eigenvalue weighted by atomic mass is 10.1. The molecule has 0 fully saturated rings. The van der Waals surface area contributed by atoms with Crippen LogP contribution in [0.4, 0.5) is 0 Å². The Hall–Kier alpha value is -2.43. The zero-order valence-corrected chi connectivity index (χ0v) is 16.7.